The fraction of sp³-hybridized carbons (Fsp3) is 0.733. The molecular weight excluding hydrogens is 409 g/mol. The number of nitrogens with zero attached hydrogens (tertiary/aromatic N) is 4. The molecule has 0 saturated carbocycles. The first-order valence-corrected chi connectivity index (χ1v) is 8.78. The van der Waals surface area contributed by atoms with Crippen LogP contribution < -0.4 is 5.32 Å². The molecule has 0 aromatic carbocycles. The van der Waals surface area contributed by atoms with Gasteiger partial charge in [-0.2, -0.15) is 11.8 Å². The number of rotatable bonds is 5. The molecule has 1 aromatic rings. The van der Waals surface area contributed by atoms with Crippen LogP contribution in [0, 0.1) is 5.92 Å². The van der Waals surface area contributed by atoms with Gasteiger partial charge in [-0.05, 0) is 12.3 Å². The van der Waals surface area contributed by atoms with Gasteiger partial charge in [0.15, 0.2) is 5.96 Å². The van der Waals surface area contributed by atoms with Crippen molar-refractivity contribution in [2.45, 2.75) is 32.1 Å². The molecule has 1 aliphatic heterocycles. The van der Waals surface area contributed by atoms with E-state index in [1.54, 1.807) is 0 Å². The first kappa shape index (κ1) is 19.6. The van der Waals surface area contributed by atoms with Crippen LogP contribution in [-0.4, -0.2) is 58.1 Å². The molecule has 7 heteroatoms. The van der Waals surface area contributed by atoms with Crippen molar-refractivity contribution >= 4 is 41.7 Å². The largest absolute Gasteiger partial charge is 0.356 e. The molecule has 0 aliphatic carbocycles. The SMILES string of the molecule is CN=C(NCCCn1ccnc1)N1CCSC(C(C)C)C1.I. The van der Waals surface area contributed by atoms with E-state index in [9.17, 15) is 0 Å². The number of aromatic nitrogens is 2. The van der Waals surface area contributed by atoms with E-state index in [1.807, 2.05) is 25.8 Å². The Bertz CT molecular complexity index is 435. The van der Waals surface area contributed by atoms with Crippen molar-refractivity contribution in [1.29, 1.82) is 0 Å². The van der Waals surface area contributed by atoms with Crippen molar-refractivity contribution in [3.8, 4) is 0 Å². The zero-order valence-corrected chi connectivity index (χ0v) is 16.9. The lowest BCUT2D eigenvalue weighted by atomic mass is 10.1. The summed E-state index contributed by atoms with van der Waals surface area (Å²) in [5.41, 5.74) is 0. The molecule has 1 N–H and O–H groups in total. The molecule has 0 spiro atoms. The Kier molecular flexibility index (Phi) is 9.23. The summed E-state index contributed by atoms with van der Waals surface area (Å²) in [6, 6.07) is 0. The van der Waals surface area contributed by atoms with E-state index >= 15 is 0 Å². The summed E-state index contributed by atoms with van der Waals surface area (Å²) in [6.07, 6.45) is 6.77. The molecule has 5 nitrogen and oxygen atoms in total. The Hall–Kier alpha value is -0.440. The number of aryl methyl sites for hydroxylation is 1. The van der Waals surface area contributed by atoms with Crippen LogP contribution in [-0.2, 0) is 6.54 Å². The van der Waals surface area contributed by atoms with E-state index in [1.165, 1.54) is 5.75 Å². The van der Waals surface area contributed by atoms with Gasteiger partial charge in [-0.3, -0.25) is 4.99 Å². The van der Waals surface area contributed by atoms with Crippen LogP contribution in [0.5, 0.6) is 0 Å². The summed E-state index contributed by atoms with van der Waals surface area (Å²) < 4.78 is 2.11. The summed E-state index contributed by atoms with van der Waals surface area (Å²) in [7, 11) is 1.88. The van der Waals surface area contributed by atoms with Crippen molar-refractivity contribution < 1.29 is 0 Å². The summed E-state index contributed by atoms with van der Waals surface area (Å²) in [6.45, 7) is 8.75. The molecular formula is C15H28IN5S. The van der Waals surface area contributed by atoms with Gasteiger partial charge < -0.3 is 14.8 Å². The topological polar surface area (TPSA) is 45.5 Å². The van der Waals surface area contributed by atoms with Gasteiger partial charge in [0, 0.05) is 56.6 Å². The highest BCUT2D eigenvalue weighted by Gasteiger charge is 2.24. The van der Waals surface area contributed by atoms with Gasteiger partial charge in [-0.25, -0.2) is 4.98 Å². The monoisotopic (exact) mass is 437 g/mol. The highest BCUT2D eigenvalue weighted by atomic mass is 127. The van der Waals surface area contributed by atoms with Crippen molar-refractivity contribution in [2.75, 3.05) is 32.4 Å². The van der Waals surface area contributed by atoms with Crippen molar-refractivity contribution in [3.63, 3.8) is 0 Å². The maximum Gasteiger partial charge on any atom is 0.193 e. The van der Waals surface area contributed by atoms with E-state index in [0.29, 0.717) is 5.25 Å². The molecule has 0 radical (unpaired) electrons. The van der Waals surface area contributed by atoms with E-state index in [4.69, 9.17) is 0 Å². The maximum atomic E-state index is 4.44. The summed E-state index contributed by atoms with van der Waals surface area (Å²) in [5, 5.41) is 4.21. The Morgan fingerprint density at radius 1 is 1.50 bits per heavy atom. The molecule has 1 unspecified atom stereocenters. The van der Waals surface area contributed by atoms with E-state index in [0.717, 1.165) is 44.5 Å². The number of hydrogen-bond donors (Lipinski definition) is 1. The van der Waals surface area contributed by atoms with Crippen molar-refractivity contribution in [1.82, 2.24) is 19.8 Å². The molecule has 1 aliphatic rings. The molecule has 2 rings (SSSR count). The van der Waals surface area contributed by atoms with Gasteiger partial charge in [0.25, 0.3) is 0 Å². The average molecular weight is 437 g/mol. The molecule has 2 heterocycles. The summed E-state index contributed by atoms with van der Waals surface area (Å²) in [4.78, 5) is 10.9. The fourth-order valence-corrected chi connectivity index (χ4v) is 3.78. The predicted octanol–water partition coefficient (Wildman–Crippen LogP) is 2.54. The zero-order chi connectivity index (χ0) is 15.1. The predicted molar refractivity (Wildman–Crippen MR) is 106 cm³/mol. The van der Waals surface area contributed by atoms with E-state index in [2.05, 4.69) is 50.4 Å². The van der Waals surface area contributed by atoms with Gasteiger partial charge in [0.2, 0.25) is 0 Å². The minimum absolute atomic E-state index is 0. The third-order valence-electron chi connectivity index (χ3n) is 3.78. The summed E-state index contributed by atoms with van der Waals surface area (Å²) >= 11 is 2.09. The standard InChI is InChI=1S/C15H27N5S.HI/c1-13(2)14-11-20(9-10-21-14)15(16-3)18-5-4-7-19-8-6-17-12-19;/h6,8,12-14H,4-5,7,9-11H2,1-3H3,(H,16,18);1H. The lowest BCUT2D eigenvalue weighted by Crippen LogP contribution is -2.49. The summed E-state index contributed by atoms with van der Waals surface area (Å²) in [5.74, 6) is 2.96. The number of imidazole rings is 1. The van der Waals surface area contributed by atoms with Gasteiger partial charge >= 0.3 is 0 Å². The van der Waals surface area contributed by atoms with Crippen LogP contribution in [0.2, 0.25) is 0 Å². The fourth-order valence-electron chi connectivity index (χ4n) is 2.48. The lowest BCUT2D eigenvalue weighted by Gasteiger charge is -2.36. The highest BCUT2D eigenvalue weighted by Crippen LogP contribution is 2.24. The first-order chi connectivity index (χ1) is 10.2. The number of nitrogens with one attached hydrogen (secondary N) is 1. The number of aliphatic imine (C=N–C) groups is 1. The zero-order valence-electron chi connectivity index (χ0n) is 13.7. The highest BCUT2D eigenvalue weighted by molar-refractivity contribution is 14.0. The lowest BCUT2D eigenvalue weighted by molar-refractivity contribution is 0.380. The molecule has 1 saturated heterocycles. The molecule has 0 amide bonds. The van der Waals surface area contributed by atoms with Gasteiger partial charge in [-0.1, -0.05) is 13.8 Å². The number of halogens is 1. The molecule has 1 aromatic heterocycles. The van der Waals surface area contributed by atoms with Gasteiger partial charge in [0.1, 0.15) is 0 Å². The second kappa shape index (κ2) is 10.4. The van der Waals surface area contributed by atoms with E-state index < -0.39 is 0 Å². The number of guanidine groups is 1. The third kappa shape index (κ3) is 5.98. The van der Waals surface area contributed by atoms with Crippen molar-refractivity contribution in [3.05, 3.63) is 18.7 Å². The van der Waals surface area contributed by atoms with Crippen molar-refractivity contribution in [2.24, 2.45) is 10.9 Å². The molecule has 1 atom stereocenters. The van der Waals surface area contributed by atoms with Crippen LogP contribution >= 0.6 is 35.7 Å². The quantitative estimate of drug-likeness (QED) is 0.333. The Labute approximate surface area is 155 Å². The minimum Gasteiger partial charge on any atom is -0.356 e. The van der Waals surface area contributed by atoms with E-state index in [-0.39, 0.29) is 24.0 Å². The third-order valence-corrected chi connectivity index (χ3v) is 5.32. The molecule has 1 fully saturated rings. The van der Waals surface area contributed by atoms with Crippen LogP contribution in [0.25, 0.3) is 0 Å². The normalized spacial score (nSPS) is 19.2. The Morgan fingerprint density at radius 3 is 2.95 bits per heavy atom. The smallest absolute Gasteiger partial charge is 0.193 e. The Morgan fingerprint density at radius 2 is 2.32 bits per heavy atom. The van der Waals surface area contributed by atoms with Crippen LogP contribution in [0.15, 0.2) is 23.7 Å². The van der Waals surface area contributed by atoms with Gasteiger partial charge in [0.05, 0.1) is 6.33 Å². The van der Waals surface area contributed by atoms with Crippen LogP contribution in [0.3, 0.4) is 0 Å². The first-order valence-electron chi connectivity index (χ1n) is 7.73. The molecule has 0 bridgehead atoms. The number of thioether (sulfide) groups is 1. The molecule has 22 heavy (non-hydrogen) atoms. The minimum atomic E-state index is 0. The van der Waals surface area contributed by atoms with Crippen LogP contribution in [0.1, 0.15) is 20.3 Å². The second-order valence-corrected chi connectivity index (χ2v) is 7.07. The second-order valence-electron chi connectivity index (χ2n) is 5.73. The van der Waals surface area contributed by atoms with Crippen LogP contribution in [0.4, 0.5) is 0 Å². The Balaban J connectivity index is 0.00000242. The molecule has 126 valence electrons. The number of hydrogen-bond acceptors (Lipinski definition) is 3. The maximum absolute atomic E-state index is 4.44. The van der Waals surface area contributed by atoms with Gasteiger partial charge in [-0.15, -0.1) is 24.0 Å². The average Bonchev–Trinajstić information content (AvgIpc) is 3.01.